The van der Waals surface area contributed by atoms with Crippen molar-refractivity contribution in [3.63, 3.8) is 0 Å². The summed E-state index contributed by atoms with van der Waals surface area (Å²) in [7, 11) is 1.52. The number of hydrogen-bond donors (Lipinski definition) is 3. The summed E-state index contributed by atoms with van der Waals surface area (Å²) in [5.41, 5.74) is 17.3. The number of benzene rings is 2. The van der Waals surface area contributed by atoms with Crippen molar-refractivity contribution in [2.75, 3.05) is 30.5 Å². The fraction of sp³-hybridized carbons (Fsp3) is 0.308. The number of nitrogen functional groups attached to an aromatic ring is 2. The molecule has 5 N–H and O–H groups in total. The first-order chi connectivity index (χ1) is 17.1. The first-order valence-electron chi connectivity index (χ1n) is 11.4. The minimum absolute atomic E-state index is 0.109. The summed E-state index contributed by atoms with van der Waals surface area (Å²) in [4.78, 5) is 25.2. The van der Waals surface area contributed by atoms with Gasteiger partial charge in [-0.2, -0.15) is 0 Å². The standard InChI is InChI=1S/C26H30N6O4/c1-14-15(2)23-21(16(3)22(14)27)20(32-34-5)10-26(4,36-23)13-35-19-8-6-18(7-9-19)31-24(33)17-11-29-25(28)30-12-17/h6-9,11-12H,10,13,27H2,1-5H3,(H,31,33)(H2,28,29,30). The first kappa shape index (κ1) is 24.8. The minimum Gasteiger partial charge on any atom is -0.489 e. The number of aromatic nitrogens is 2. The van der Waals surface area contributed by atoms with E-state index < -0.39 is 5.60 Å². The van der Waals surface area contributed by atoms with Crippen LogP contribution in [-0.2, 0) is 4.84 Å². The number of nitrogens with two attached hydrogens (primary N) is 2. The number of ether oxygens (including phenoxy) is 2. The largest absolute Gasteiger partial charge is 0.489 e. The van der Waals surface area contributed by atoms with Crippen LogP contribution >= 0.6 is 0 Å². The maximum absolute atomic E-state index is 12.4. The van der Waals surface area contributed by atoms with Crippen LogP contribution in [-0.4, -0.2) is 40.9 Å². The van der Waals surface area contributed by atoms with Gasteiger partial charge >= 0.3 is 0 Å². The molecule has 1 unspecified atom stereocenters. The molecule has 0 saturated carbocycles. The van der Waals surface area contributed by atoms with Crippen molar-refractivity contribution in [1.82, 2.24) is 9.97 Å². The van der Waals surface area contributed by atoms with Crippen molar-refractivity contribution in [3.05, 3.63) is 64.5 Å². The molecular weight excluding hydrogens is 460 g/mol. The highest BCUT2D eigenvalue weighted by Gasteiger charge is 2.39. The highest BCUT2D eigenvalue weighted by atomic mass is 16.6. The number of carbonyl (C=O) groups is 1. The van der Waals surface area contributed by atoms with Crippen LogP contribution in [0.15, 0.2) is 41.8 Å². The first-order valence-corrected chi connectivity index (χ1v) is 11.4. The monoisotopic (exact) mass is 490 g/mol. The third kappa shape index (κ3) is 4.88. The molecule has 1 aliphatic heterocycles. The summed E-state index contributed by atoms with van der Waals surface area (Å²) in [6.45, 7) is 8.19. The van der Waals surface area contributed by atoms with Crippen LogP contribution in [0.4, 0.5) is 17.3 Å². The normalized spacial score (nSPS) is 17.8. The van der Waals surface area contributed by atoms with Gasteiger partial charge in [0.2, 0.25) is 5.95 Å². The van der Waals surface area contributed by atoms with E-state index in [1.54, 1.807) is 24.3 Å². The Morgan fingerprint density at radius 1 is 1.11 bits per heavy atom. The van der Waals surface area contributed by atoms with Crippen molar-refractivity contribution < 1.29 is 19.1 Å². The van der Waals surface area contributed by atoms with Crippen LogP contribution in [0.25, 0.3) is 0 Å². The number of amides is 1. The molecule has 10 heteroatoms. The molecule has 1 amide bonds. The van der Waals surface area contributed by atoms with E-state index in [0.29, 0.717) is 23.4 Å². The topological polar surface area (TPSA) is 147 Å². The summed E-state index contributed by atoms with van der Waals surface area (Å²) in [6, 6.07) is 7.06. The fourth-order valence-corrected chi connectivity index (χ4v) is 4.14. The highest BCUT2D eigenvalue weighted by Crippen LogP contribution is 2.42. The van der Waals surface area contributed by atoms with Crippen LogP contribution in [0.1, 0.15) is 46.0 Å². The van der Waals surface area contributed by atoms with Gasteiger partial charge in [-0.15, -0.1) is 0 Å². The molecule has 0 aliphatic carbocycles. The molecule has 2 heterocycles. The lowest BCUT2D eigenvalue weighted by molar-refractivity contribution is 0.0353. The summed E-state index contributed by atoms with van der Waals surface area (Å²) < 4.78 is 12.6. The molecule has 188 valence electrons. The number of rotatable bonds is 6. The number of nitrogens with zero attached hydrogens (tertiary/aromatic N) is 3. The molecule has 3 aromatic rings. The van der Waals surface area contributed by atoms with Gasteiger partial charge in [-0.05, 0) is 68.7 Å². The van der Waals surface area contributed by atoms with E-state index in [1.807, 2.05) is 27.7 Å². The zero-order chi connectivity index (χ0) is 26.0. The molecular formula is C26H30N6O4. The Hall–Kier alpha value is -4.34. The molecule has 1 atom stereocenters. The Kier molecular flexibility index (Phi) is 6.69. The molecule has 10 nitrogen and oxygen atoms in total. The van der Waals surface area contributed by atoms with Crippen molar-refractivity contribution in [2.45, 2.75) is 39.7 Å². The van der Waals surface area contributed by atoms with E-state index in [-0.39, 0.29) is 18.5 Å². The Morgan fingerprint density at radius 3 is 2.42 bits per heavy atom. The van der Waals surface area contributed by atoms with E-state index >= 15 is 0 Å². The predicted molar refractivity (Wildman–Crippen MR) is 139 cm³/mol. The summed E-state index contributed by atoms with van der Waals surface area (Å²) >= 11 is 0. The zero-order valence-corrected chi connectivity index (χ0v) is 21.0. The summed E-state index contributed by atoms with van der Waals surface area (Å²) in [5.74, 6) is 1.15. The van der Waals surface area contributed by atoms with Crippen molar-refractivity contribution in [3.8, 4) is 11.5 Å². The lowest BCUT2D eigenvalue weighted by Gasteiger charge is -2.38. The Morgan fingerprint density at radius 2 is 1.78 bits per heavy atom. The highest BCUT2D eigenvalue weighted by molar-refractivity contribution is 6.07. The number of oxime groups is 1. The van der Waals surface area contributed by atoms with Gasteiger partial charge in [0.1, 0.15) is 30.8 Å². The second kappa shape index (κ2) is 9.73. The third-order valence-electron chi connectivity index (χ3n) is 6.28. The molecule has 36 heavy (non-hydrogen) atoms. The SMILES string of the molecule is CON=C1CC(C)(COc2ccc(NC(=O)c3cnc(N)nc3)cc2)Oc2c(C)c(C)c(N)c(C)c21. The van der Waals surface area contributed by atoms with Crippen LogP contribution in [0, 0.1) is 20.8 Å². The van der Waals surface area contributed by atoms with E-state index in [0.717, 1.165) is 39.4 Å². The van der Waals surface area contributed by atoms with E-state index in [4.69, 9.17) is 25.8 Å². The molecule has 0 spiro atoms. The molecule has 4 rings (SSSR count). The zero-order valence-electron chi connectivity index (χ0n) is 21.0. The van der Waals surface area contributed by atoms with Gasteiger partial charge in [0, 0.05) is 35.8 Å². The van der Waals surface area contributed by atoms with E-state index in [9.17, 15) is 4.79 Å². The Balaban J connectivity index is 1.48. The Labute approximate surface area is 209 Å². The van der Waals surface area contributed by atoms with Gasteiger partial charge in [0.05, 0.1) is 11.3 Å². The van der Waals surface area contributed by atoms with Crippen LogP contribution in [0.3, 0.4) is 0 Å². The number of fused-ring (bicyclic) bond motifs is 1. The average molecular weight is 491 g/mol. The van der Waals surface area contributed by atoms with Crippen molar-refractivity contribution in [2.24, 2.45) is 5.16 Å². The summed E-state index contributed by atoms with van der Waals surface area (Å²) in [5, 5.41) is 7.08. The maximum Gasteiger partial charge on any atom is 0.258 e. The van der Waals surface area contributed by atoms with Gasteiger partial charge in [0.25, 0.3) is 5.91 Å². The van der Waals surface area contributed by atoms with Crippen LogP contribution in [0.2, 0.25) is 0 Å². The van der Waals surface area contributed by atoms with Gasteiger partial charge in [-0.25, -0.2) is 9.97 Å². The number of nitrogens with one attached hydrogen (secondary N) is 1. The fourth-order valence-electron chi connectivity index (χ4n) is 4.14. The smallest absolute Gasteiger partial charge is 0.258 e. The predicted octanol–water partition coefficient (Wildman–Crippen LogP) is 3.79. The maximum atomic E-state index is 12.4. The molecule has 0 fully saturated rings. The molecule has 1 aliphatic rings. The molecule has 2 aromatic carbocycles. The molecule has 0 bridgehead atoms. The molecule has 0 radical (unpaired) electrons. The lowest BCUT2D eigenvalue weighted by Crippen LogP contribution is -2.45. The van der Waals surface area contributed by atoms with Gasteiger partial charge in [-0.3, -0.25) is 4.79 Å². The summed E-state index contributed by atoms with van der Waals surface area (Å²) in [6.07, 6.45) is 3.23. The second-order valence-electron chi connectivity index (χ2n) is 9.04. The van der Waals surface area contributed by atoms with E-state index in [2.05, 4.69) is 20.4 Å². The Bertz CT molecular complexity index is 1320. The lowest BCUT2D eigenvalue weighted by atomic mass is 9.85. The number of hydrogen-bond acceptors (Lipinski definition) is 9. The van der Waals surface area contributed by atoms with Gasteiger partial charge in [0.15, 0.2) is 0 Å². The van der Waals surface area contributed by atoms with Crippen molar-refractivity contribution in [1.29, 1.82) is 0 Å². The minimum atomic E-state index is -0.688. The second-order valence-corrected chi connectivity index (χ2v) is 9.04. The third-order valence-corrected chi connectivity index (χ3v) is 6.28. The molecule has 0 saturated heterocycles. The van der Waals surface area contributed by atoms with Crippen molar-refractivity contribution >= 4 is 28.9 Å². The molecule has 1 aromatic heterocycles. The van der Waals surface area contributed by atoms with Crippen LogP contribution in [0.5, 0.6) is 11.5 Å². The number of carbonyl (C=O) groups excluding carboxylic acids is 1. The number of anilines is 3. The average Bonchev–Trinajstić information content (AvgIpc) is 2.86. The van der Waals surface area contributed by atoms with E-state index in [1.165, 1.54) is 19.5 Å². The van der Waals surface area contributed by atoms with Gasteiger partial charge < -0.3 is 31.1 Å². The quantitative estimate of drug-likeness (QED) is 0.349. The van der Waals surface area contributed by atoms with Gasteiger partial charge in [-0.1, -0.05) is 5.16 Å². The van der Waals surface area contributed by atoms with Crippen LogP contribution < -0.4 is 26.3 Å².